The second kappa shape index (κ2) is 20.8. The van der Waals surface area contributed by atoms with Crippen LogP contribution in [0.5, 0.6) is 0 Å². The maximum Gasteiger partial charge on any atom is 0.136 e. The standard InChI is InChI=1S/C94H54O3/c1-3-22-61-55(20-1)49-52-83-92(61)91-63(35-17-42-81(91)95-83)57-44-46-58(47-45-57)86-69-26-7-9-28-71(69)88(72-29-10-8-27-70(72)86)78-39-18-41-80-90(78)77-51-48-59(54-85(77)97-80)60-34-15-37-65-64(60)36-16-38-66(65)67-24-5-6-25-68(67)87-73-30-11-13-32-75(73)89(76-33-14-12-31-74(76)87)79-40-19-43-82-94(79)93-62-23-4-2-21-56(62)50-53-84(93)96-82/h1-54H. The molecule has 0 radical (unpaired) electrons. The fourth-order valence-electron chi connectivity index (χ4n) is 16.8. The Bertz CT molecular complexity index is 6820. The summed E-state index contributed by atoms with van der Waals surface area (Å²) in [7, 11) is 0. The molecule has 21 aromatic rings. The molecule has 3 heterocycles. The second-order valence-corrected chi connectivity index (χ2v) is 25.9. The molecule has 18 aromatic carbocycles. The van der Waals surface area contributed by atoms with Crippen LogP contribution >= 0.6 is 0 Å². The highest BCUT2D eigenvalue weighted by Gasteiger charge is 2.26. The molecule has 21 rings (SSSR count). The normalized spacial score (nSPS) is 12.1. The Morgan fingerprint density at radius 1 is 0.144 bits per heavy atom. The molecule has 0 N–H and O–H groups in total. The molecule has 448 valence electrons. The lowest BCUT2D eigenvalue weighted by atomic mass is 9.82. The quantitative estimate of drug-likeness (QED) is 0.149. The molecule has 0 bridgehead atoms. The largest absolute Gasteiger partial charge is 0.456 e. The summed E-state index contributed by atoms with van der Waals surface area (Å²) in [5.41, 5.74) is 21.7. The van der Waals surface area contributed by atoms with Crippen molar-refractivity contribution in [3.05, 3.63) is 328 Å². The minimum Gasteiger partial charge on any atom is -0.456 e. The van der Waals surface area contributed by atoms with Gasteiger partial charge in [-0.2, -0.15) is 0 Å². The Morgan fingerprint density at radius 2 is 0.485 bits per heavy atom. The van der Waals surface area contributed by atoms with E-state index in [4.69, 9.17) is 13.3 Å². The smallest absolute Gasteiger partial charge is 0.136 e. The molecular formula is C94H54O3. The zero-order valence-electron chi connectivity index (χ0n) is 52.4. The van der Waals surface area contributed by atoms with Crippen molar-refractivity contribution in [1.82, 2.24) is 0 Å². The van der Waals surface area contributed by atoms with Crippen LogP contribution < -0.4 is 0 Å². The average Bonchev–Trinajstić information content (AvgIpc) is 1.68. The minimum atomic E-state index is 0.851. The van der Waals surface area contributed by atoms with Crippen molar-refractivity contribution in [2.24, 2.45) is 0 Å². The van der Waals surface area contributed by atoms with Gasteiger partial charge in [-0.1, -0.05) is 285 Å². The van der Waals surface area contributed by atoms with Crippen molar-refractivity contribution < 1.29 is 13.3 Å². The van der Waals surface area contributed by atoms with Crippen LogP contribution in [0.15, 0.2) is 341 Å². The summed E-state index contributed by atoms with van der Waals surface area (Å²) in [6.07, 6.45) is 0. The molecule has 0 amide bonds. The number of hydrogen-bond acceptors (Lipinski definition) is 3. The van der Waals surface area contributed by atoms with E-state index in [0.29, 0.717) is 0 Å². The molecule has 0 atom stereocenters. The van der Waals surface area contributed by atoms with Gasteiger partial charge in [0.25, 0.3) is 0 Å². The molecule has 0 aliphatic heterocycles. The predicted octanol–water partition coefficient (Wildman–Crippen LogP) is 27.1. The lowest BCUT2D eigenvalue weighted by Gasteiger charge is -2.20. The summed E-state index contributed by atoms with van der Waals surface area (Å²) in [5, 5.41) is 23.5. The van der Waals surface area contributed by atoms with Crippen molar-refractivity contribution >= 4 is 141 Å². The number of fused-ring (bicyclic) bond motifs is 18. The van der Waals surface area contributed by atoms with Crippen LogP contribution in [0.4, 0.5) is 0 Å². The first-order chi connectivity index (χ1) is 48.1. The molecular weight excluding hydrogens is 1180 g/mol. The molecule has 0 saturated carbocycles. The third kappa shape index (κ3) is 7.91. The van der Waals surface area contributed by atoms with Crippen LogP contribution in [0.3, 0.4) is 0 Å². The van der Waals surface area contributed by atoms with Gasteiger partial charge in [0, 0.05) is 32.3 Å². The Labute approximate surface area is 556 Å². The summed E-state index contributed by atoms with van der Waals surface area (Å²) in [6, 6.07) is 120. The van der Waals surface area contributed by atoms with Crippen molar-refractivity contribution in [3.63, 3.8) is 0 Å². The Kier molecular flexibility index (Phi) is 11.5. The fraction of sp³-hybridized carbons (Fsp3) is 0. The second-order valence-electron chi connectivity index (χ2n) is 25.9. The summed E-state index contributed by atoms with van der Waals surface area (Å²) < 4.78 is 20.2. The molecule has 97 heavy (non-hydrogen) atoms. The van der Waals surface area contributed by atoms with Crippen molar-refractivity contribution in [1.29, 1.82) is 0 Å². The van der Waals surface area contributed by atoms with Gasteiger partial charge in [0.1, 0.15) is 33.5 Å². The van der Waals surface area contributed by atoms with E-state index >= 15 is 0 Å². The van der Waals surface area contributed by atoms with Gasteiger partial charge in [0.2, 0.25) is 0 Å². The van der Waals surface area contributed by atoms with Gasteiger partial charge in [-0.3, -0.25) is 0 Å². The molecule has 0 aliphatic carbocycles. The van der Waals surface area contributed by atoms with E-state index < -0.39 is 0 Å². The van der Waals surface area contributed by atoms with Crippen LogP contribution in [-0.4, -0.2) is 0 Å². The van der Waals surface area contributed by atoms with E-state index in [9.17, 15) is 0 Å². The Hall–Kier alpha value is -12.8. The number of hydrogen-bond donors (Lipinski definition) is 0. The van der Waals surface area contributed by atoms with Gasteiger partial charge < -0.3 is 13.3 Å². The maximum absolute atomic E-state index is 7.03. The van der Waals surface area contributed by atoms with E-state index in [-0.39, 0.29) is 0 Å². The fourth-order valence-corrected chi connectivity index (χ4v) is 16.8. The van der Waals surface area contributed by atoms with Crippen LogP contribution in [0.25, 0.3) is 219 Å². The van der Waals surface area contributed by atoms with Crippen LogP contribution in [0.1, 0.15) is 0 Å². The number of rotatable bonds is 7. The minimum absolute atomic E-state index is 0.851. The third-order valence-electron chi connectivity index (χ3n) is 20.9. The van der Waals surface area contributed by atoms with Gasteiger partial charge in [-0.05, 0) is 196 Å². The Balaban J connectivity index is 0.679. The van der Waals surface area contributed by atoms with Crippen LogP contribution in [0.2, 0.25) is 0 Å². The summed E-state index contributed by atoms with van der Waals surface area (Å²) >= 11 is 0. The first-order valence-electron chi connectivity index (χ1n) is 33.4. The molecule has 0 saturated heterocycles. The monoisotopic (exact) mass is 1230 g/mol. The summed E-state index contributed by atoms with van der Waals surface area (Å²) in [6.45, 7) is 0. The molecule has 0 aliphatic rings. The van der Waals surface area contributed by atoms with Gasteiger partial charge in [-0.15, -0.1) is 0 Å². The van der Waals surface area contributed by atoms with Crippen LogP contribution in [-0.2, 0) is 0 Å². The van der Waals surface area contributed by atoms with Crippen molar-refractivity contribution in [3.8, 4) is 77.9 Å². The first kappa shape index (κ1) is 53.7. The van der Waals surface area contributed by atoms with Crippen LogP contribution in [0, 0.1) is 0 Å². The lowest BCUT2D eigenvalue weighted by Crippen LogP contribution is -1.93. The third-order valence-corrected chi connectivity index (χ3v) is 20.9. The van der Waals surface area contributed by atoms with E-state index in [1.807, 2.05) is 0 Å². The SMILES string of the molecule is c1ccc(-c2c3ccccc3c(-c3cccc4oc5ccc6ccccc6c5c34)c3ccccc23)c(-c2cccc3c(-c4ccc5c(c4)oc4cccc(-c6c7ccccc7c(-c7ccc(-c8cccc9oc%10ccc%11ccccc%11c%10c89)cc7)c7ccccc67)c45)cccc23)c1. The zero-order valence-corrected chi connectivity index (χ0v) is 52.4. The highest BCUT2D eigenvalue weighted by Crippen LogP contribution is 2.52. The van der Waals surface area contributed by atoms with E-state index in [1.165, 1.54) is 120 Å². The summed E-state index contributed by atoms with van der Waals surface area (Å²) in [4.78, 5) is 0. The zero-order chi connectivity index (χ0) is 63.4. The first-order valence-corrected chi connectivity index (χ1v) is 33.4. The van der Waals surface area contributed by atoms with Gasteiger partial charge in [0.05, 0.1) is 0 Å². The van der Waals surface area contributed by atoms with Gasteiger partial charge in [-0.25, -0.2) is 0 Å². The van der Waals surface area contributed by atoms with Crippen molar-refractivity contribution in [2.45, 2.75) is 0 Å². The maximum atomic E-state index is 7.03. The highest BCUT2D eigenvalue weighted by atomic mass is 16.3. The van der Waals surface area contributed by atoms with E-state index in [0.717, 1.165) is 99.2 Å². The molecule has 3 heteroatoms. The molecule has 0 fully saturated rings. The molecule has 0 unspecified atom stereocenters. The lowest BCUT2D eigenvalue weighted by molar-refractivity contribution is 0.669. The van der Waals surface area contributed by atoms with Gasteiger partial charge >= 0.3 is 0 Å². The Morgan fingerprint density at radius 3 is 1.03 bits per heavy atom. The number of benzene rings is 18. The predicted molar refractivity (Wildman–Crippen MR) is 409 cm³/mol. The van der Waals surface area contributed by atoms with E-state index in [1.54, 1.807) is 0 Å². The molecule has 0 spiro atoms. The number of furan rings is 3. The average molecular weight is 1230 g/mol. The van der Waals surface area contributed by atoms with Crippen molar-refractivity contribution in [2.75, 3.05) is 0 Å². The highest BCUT2D eigenvalue weighted by molar-refractivity contribution is 6.31. The van der Waals surface area contributed by atoms with E-state index in [2.05, 4.69) is 328 Å². The molecule has 3 aromatic heterocycles. The molecule has 3 nitrogen and oxygen atoms in total. The van der Waals surface area contributed by atoms with Gasteiger partial charge in [0.15, 0.2) is 0 Å². The topological polar surface area (TPSA) is 39.4 Å². The summed E-state index contributed by atoms with van der Waals surface area (Å²) in [5.74, 6) is 0.